The summed E-state index contributed by atoms with van der Waals surface area (Å²) in [4.78, 5) is 30.0. The van der Waals surface area contributed by atoms with E-state index in [-0.39, 0.29) is 23.3 Å². The van der Waals surface area contributed by atoms with Crippen molar-refractivity contribution in [1.82, 2.24) is 14.9 Å². The Morgan fingerprint density at radius 3 is 2.89 bits per heavy atom. The van der Waals surface area contributed by atoms with E-state index in [4.69, 9.17) is 4.74 Å². The third-order valence-electron chi connectivity index (χ3n) is 5.73. The van der Waals surface area contributed by atoms with Gasteiger partial charge in [0, 0.05) is 13.2 Å². The molecule has 28 heavy (non-hydrogen) atoms. The second-order valence-electron chi connectivity index (χ2n) is 7.59. The Balaban J connectivity index is 1.73. The van der Waals surface area contributed by atoms with Crippen LogP contribution in [0, 0.1) is 11.8 Å². The quantitative estimate of drug-likeness (QED) is 0.568. The average Bonchev–Trinajstić information content (AvgIpc) is 2.69. The number of fused-ring (bicyclic) bond motifs is 1. The third-order valence-corrected chi connectivity index (χ3v) is 6.71. The fourth-order valence-corrected chi connectivity index (χ4v) is 4.64. The van der Waals surface area contributed by atoms with E-state index in [0.29, 0.717) is 41.0 Å². The first-order valence-electron chi connectivity index (χ1n) is 9.92. The summed E-state index contributed by atoms with van der Waals surface area (Å²) in [7, 11) is 1.60. The lowest BCUT2D eigenvalue weighted by molar-refractivity contribution is -0.120. The van der Waals surface area contributed by atoms with Crippen LogP contribution in [0.15, 0.2) is 34.2 Å². The number of amides is 1. The van der Waals surface area contributed by atoms with Gasteiger partial charge >= 0.3 is 0 Å². The van der Waals surface area contributed by atoms with Crippen LogP contribution in [0.5, 0.6) is 0 Å². The maximum Gasteiger partial charge on any atom is 0.262 e. The summed E-state index contributed by atoms with van der Waals surface area (Å²) in [6, 6.07) is 7.53. The van der Waals surface area contributed by atoms with E-state index in [1.54, 1.807) is 17.7 Å². The number of carbonyl (C=O) groups excluding carboxylic acids is 1. The van der Waals surface area contributed by atoms with Crippen LogP contribution in [0.3, 0.4) is 0 Å². The minimum atomic E-state index is -0.0970. The van der Waals surface area contributed by atoms with Gasteiger partial charge in [0.1, 0.15) is 0 Å². The number of para-hydroxylation sites is 1. The number of nitrogens with one attached hydrogen (secondary N) is 1. The number of hydrogen-bond acceptors (Lipinski definition) is 5. The summed E-state index contributed by atoms with van der Waals surface area (Å²) in [5, 5.41) is 4.32. The maximum atomic E-state index is 12.8. The zero-order valence-corrected chi connectivity index (χ0v) is 17.6. The van der Waals surface area contributed by atoms with Crippen LogP contribution in [-0.2, 0) is 16.1 Å². The first-order valence-corrected chi connectivity index (χ1v) is 10.9. The molecule has 1 amide bonds. The molecular weight excluding hydrogens is 374 g/mol. The molecule has 3 atom stereocenters. The highest BCUT2D eigenvalue weighted by Crippen LogP contribution is 2.29. The van der Waals surface area contributed by atoms with Gasteiger partial charge in [-0.2, -0.15) is 0 Å². The molecular formula is C21H29N3O3S. The maximum absolute atomic E-state index is 12.8. The Bertz CT molecular complexity index is 883. The molecule has 1 aromatic carbocycles. The number of benzene rings is 1. The lowest BCUT2D eigenvalue weighted by atomic mass is 9.78. The zero-order valence-electron chi connectivity index (χ0n) is 16.8. The summed E-state index contributed by atoms with van der Waals surface area (Å²) in [6.07, 6.45) is 3.43. The predicted molar refractivity (Wildman–Crippen MR) is 113 cm³/mol. The standard InChI is InChI=1S/C21H29N3O3S/c1-14-7-6-10-17(15(14)2)22-19(25)13-28-21-23-18-9-5-4-8-16(18)20(26)24(21)11-12-27-3/h4-5,8-9,14-15,17H,6-7,10-13H2,1-3H3,(H,22,25)/t14-,15-,17-/m1/s1. The summed E-state index contributed by atoms with van der Waals surface area (Å²) in [5.74, 6) is 1.36. The number of aromatic nitrogens is 2. The smallest absolute Gasteiger partial charge is 0.262 e. The number of carbonyl (C=O) groups is 1. The first-order chi connectivity index (χ1) is 13.5. The molecule has 0 aliphatic heterocycles. The summed E-state index contributed by atoms with van der Waals surface area (Å²) >= 11 is 1.31. The summed E-state index contributed by atoms with van der Waals surface area (Å²) in [5.41, 5.74) is 0.555. The van der Waals surface area contributed by atoms with Gasteiger partial charge < -0.3 is 10.1 Å². The molecule has 152 valence electrons. The number of nitrogens with zero attached hydrogens (tertiary/aromatic N) is 2. The number of hydrogen-bond donors (Lipinski definition) is 1. The van der Waals surface area contributed by atoms with Crippen LogP contribution in [0.2, 0.25) is 0 Å². The highest BCUT2D eigenvalue weighted by Gasteiger charge is 2.28. The molecule has 0 saturated heterocycles. The van der Waals surface area contributed by atoms with Crippen molar-refractivity contribution >= 4 is 28.6 Å². The van der Waals surface area contributed by atoms with Gasteiger partial charge in [0.05, 0.1) is 29.8 Å². The molecule has 3 rings (SSSR count). The molecule has 1 fully saturated rings. The van der Waals surface area contributed by atoms with Gasteiger partial charge in [-0.1, -0.05) is 50.6 Å². The van der Waals surface area contributed by atoms with Crippen molar-refractivity contribution in [3.8, 4) is 0 Å². The van der Waals surface area contributed by atoms with Gasteiger partial charge in [0.2, 0.25) is 5.91 Å². The fourth-order valence-electron chi connectivity index (χ4n) is 3.80. The van der Waals surface area contributed by atoms with Gasteiger partial charge in [-0.25, -0.2) is 4.98 Å². The number of thioether (sulfide) groups is 1. The number of methoxy groups -OCH3 is 1. The van der Waals surface area contributed by atoms with Crippen LogP contribution in [0.25, 0.3) is 10.9 Å². The van der Waals surface area contributed by atoms with Gasteiger partial charge in [0.15, 0.2) is 5.16 Å². The van der Waals surface area contributed by atoms with E-state index in [0.717, 1.165) is 12.8 Å². The Kier molecular flexibility index (Phi) is 7.13. The Labute approximate surface area is 170 Å². The Morgan fingerprint density at radius 1 is 1.32 bits per heavy atom. The molecule has 1 aromatic heterocycles. The minimum absolute atomic E-state index is 0.00310. The van der Waals surface area contributed by atoms with Crippen molar-refractivity contribution in [1.29, 1.82) is 0 Å². The second kappa shape index (κ2) is 9.56. The van der Waals surface area contributed by atoms with Gasteiger partial charge in [0.25, 0.3) is 5.56 Å². The van der Waals surface area contributed by atoms with Gasteiger partial charge in [-0.05, 0) is 30.4 Å². The molecule has 0 spiro atoms. The highest BCUT2D eigenvalue weighted by molar-refractivity contribution is 7.99. The molecule has 0 unspecified atom stereocenters. The van der Waals surface area contributed by atoms with E-state index in [1.807, 2.05) is 18.2 Å². The zero-order chi connectivity index (χ0) is 20.1. The SMILES string of the molecule is COCCn1c(SCC(=O)N[C@@H]2CCC[C@@H](C)[C@H]2C)nc2ccccc2c1=O. The van der Waals surface area contributed by atoms with E-state index >= 15 is 0 Å². The predicted octanol–water partition coefficient (Wildman–Crippen LogP) is 3.08. The van der Waals surface area contributed by atoms with E-state index in [9.17, 15) is 9.59 Å². The molecule has 6 nitrogen and oxygen atoms in total. The van der Waals surface area contributed by atoms with Crippen molar-refractivity contribution in [3.05, 3.63) is 34.6 Å². The highest BCUT2D eigenvalue weighted by atomic mass is 32.2. The van der Waals surface area contributed by atoms with E-state index in [1.165, 1.54) is 18.2 Å². The minimum Gasteiger partial charge on any atom is -0.383 e. The summed E-state index contributed by atoms with van der Waals surface area (Å²) < 4.78 is 6.75. The molecule has 0 radical (unpaired) electrons. The van der Waals surface area contributed by atoms with Crippen molar-refractivity contribution in [2.45, 2.75) is 50.9 Å². The van der Waals surface area contributed by atoms with E-state index in [2.05, 4.69) is 24.1 Å². The second-order valence-corrected chi connectivity index (χ2v) is 8.53. The van der Waals surface area contributed by atoms with Crippen molar-refractivity contribution < 1.29 is 9.53 Å². The van der Waals surface area contributed by atoms with Crippen LogP contribution >= 0.6 is 11.8 Å². The number of rotatable bonds is 7. The number of ether oxygens (including phenoxy) is 1. The fraction of sp³-hybridized carbons (Fsp3) is 0.571. The van der Waals surface area contributed by atoms with Gasteiger partial charge in [-0.3, -0.25) is 14.2 Å². The molecule has 1 heterocycles. The lowest BCUT2D eigenvalue weighted by Crippen LogP contribution is -2.44. The third kappa shape index (κ3) is 4.75. The van der Waals surface area contributed by atoms with Crippen LogP contribution in [-0.4, -0.2) is 41.0 Å². The van der Waals surface area contributed by atoms with Crippen LogP contribution in [0.1, 0.15) is 33.1 Å². The van der Waals surface area contributed by atoms with Crippen molar-refractivity contribution in [3.63, 3.8) is 0 Å². The van der Waals surface area contributed by atoms with Gasteiger partial charge in [-0.15, -0.1) is 0 Å². The van der Waals surface area contributed by atoms with Crippen LogP contribution < -0.4 is 10.9 Å². The molecule has 1 aliphatic rings. The van der Waals surface area contributed by atoms with Crippen LogP contribution in [0.4, 0.5) is 0 Å². The molecule has 1 aliphatic carbocycles. The summed E-state index contributed by atoms with van der Waals surface area (Å²) in [6.45, 7) is 5.30. The Morgan fingerprint density at radius 2 is 2.11 bits per heavy atom. The largest absolute Gasteiger partial charge is 0.383 e. The lowest BCUT2D eigenvalue weighted by Gasteiger charge is -2.34. The Hall–Kier alpha value is -1.86. The average molecular weight is 404 g/mol. The normalized spacial score (nSPS) is 22.3. The monoisotopic (exact) mass is 403 g/mol. The molecule has 7 heteroatoms. The first kappa shape index (κ1) is 20.9. The van der Waals surface area contributed by atoms with Crippen molar-refractivity contribution in [2.75, 3.05) is 19.5 Å². The molecule has 1 saturated carbocycles. The van der Waals surface area contributed by atoms with Crippen molar-refractivity contribution in [2.24, 2.45) is 11.8 Å². The molecule has 2 aromatic rings. The van der Waals surface area contributed by atoms with E-state index < -0.39 is 0 Å². The topological polar surface area (TPSA) is 73.2 Å². The molecule has 1 N–H and O–H groups in total. The molecule has 0 bridgehead atoms.